The van der Waals surface area contributed by atoms with Crippen molar-refractivity contribution >= 4 is 17.8 Å². The first-order valence-corrected chi connectivity index (χ1v) is 10.1. The molecule has 1 N–H and O–H groups in total. The van der Waals surface area contributed by atoms with Crippen LogP contribution < -0.4 is 19.6 Å². The molecule has 0 unspecified atom stereocenters. The van der Waals surface area contributed by atoms with Crippen LogP contribution in [0, 0.1) is 10.1 Å². The van der Waals surface area contributed by atoms with Gasteiger partial charge in [-0.15, -0.1) is 0 Å². The van der Waals surface area contributed by atoms with Crippen LogP contribution in [0.15, 0.2) is 71.8 Å². The molecule has 0 radical (unpaired) electrons. The van der Waals surface area contributed by atoms with Gasteiger partial charge in [0.25, 0.3) is 11.6 Å². The lowest BCUT2D eigenvalue weighted by molar-refractivity contribution is -0.384. The van der Waals surface area contributed by atoms with Crippen molar-refractivity contribution in [3.63, 3.8) is 0 Å². The van der Waals surface area contributed by atoms with Crippen LogP contribution in [0.2, 0.25) is 0 Å². The number of hydrogen-bond acceptors (Lipinski definition) is 7. The van der Waals surface area contributed by atoms with E-state index in [0.29, 0.717) is 35.0 Å². The number of nitro groups is 1. The maximum atomic E-state index is 12.3. The van der Waals surface area contributed by atoms with Gasteiger partial charge in [0, 0.05) is 12.1 Å². The molecule has 0 bridgehead atoms. The number of nitro benzene ring substituents is 1. The molecule has 0 aliphatic rings. The lowest BCUT2D eigenvalue weighted by atomic mass is 10.2. The largest absolute Gasteiger partial charge is 0.496 e. The summed E-state index contributed by atoms with van der Waals surface area (Å²) in [5.74, 6) is 1.10. The molecule has 0 heterocycles. The van der Waals surface area contributed by atoms with Crippen molar-refractivity contribution < 1.29 is 23.9 Å². The second-order valence-electron chi connectivity index (χ2n) is 6.75. The van der Waals surface area contributed by atoms with Crippen LogP contribution in [-0.4, -0.2) is 30.8 Å². The van der Waals surface area contributed by atoms with Gasteiger partial charge in [0.1, 0.15) is 12.4 Å². The zero-order chi connectivity index (χ0) is 23.6. The van der Waals surface area contributed by atoms with Gasteiger partial charge < -0.3 is 14.2 Å². The molecule has 9 heteroatoms. The first-order chi connectivity index (χ1) is 16.0. The van der Waals surface area contributed by atoms with E-state index in [1.807, 2.05) is 6.92 Å². The minimum absolute atomic E-state index is 0.0233. The van der Waals surface area contributed by atoms with Crippen molar-refractivity contribution in [2.75, 3.05) is 13.7 Å². The molecule has 9 nitrogen and oxygen atoms in total. The van der Waals surface area contributed by atoms with Crippen LogP contribution in [0.25, 0.3) is 0 Å². The maximum Gasteiger partial charge on any atom is 0.275 e. The Hall–Kier alpha value is -4.40. The van der Waals surface area contributed by atoms with E-state index in [9.17, 15) is 14.9 Å². The standard InChI is InChI=1S/C24H23N3O6/c1-3-32-23-14-18(15-25-26-24(28)20-6-4-5-7-21(20)31-2)10-13-22(23)33-16-17-8-11-19(12-9-17)27(29)30/h4-15H,3,16H2,1-2H3,(H,26,28)/b25-15-. The van der Waals surface area contributed by atoms with Crippen molar-refractivity contribution in [2.45, 2.75) is 13.5 Å². The van der Waals surface area contributed by atoms with Gasteiger partial charge in [-0.05, 0) is 60.5 Å². The molecule has 33 heavy (non-hydrogen) atoms. The number of amides is 1. The fraction of sp³-hybridized carbons (Fsp3) is 0.167. The van der Waals surface area contributed by atoms with Gasteiger partial charge in [0.2, 0.25) is 0 Å². The zero-order valence-corrected chi connectivity index (χ0v) is 18.2. The Labute approximate surface area is 190 Å². The third-order valence-corrected chi connectivity index (χ3v) is 4.54. The number of hydrogen-bond donors (Lipinski definition) is 1. The van der Waals surface area contributed by atoms with Crippen LogP contribution in [0.4, 0.5) is 5.69 Å². The molecule has 3 rings (SSSR count). The molecular weight excluding hydrogens is 426 g/mol. The number of nitrogens with zero attached hydrogens (tertiary/aromatic N) is 2. The third-order valence-electron chi connectivity index (χ3n) is 4.54. The van der Waals surface area contributed by atoms with E-state index in [2.05, 4.69) is 10.5 Å². The minimum Gasteiger partial charge on any atom is -0.496 e. The van der Waals surface area contributed by atoms with Crippen LogP contribution in [0.3, 0.4) is 0 Å². The summed E-state index contributed by atoms with van der Waals surface area (Å²) in [7, 11) is 1.50. The molecule has 1 amide bonds. The fourth-order valence-electron chi connectivity index (χ4n) is 2.93. The van der Waals surface area contributed by atoms with Crippen molar-refractivity contribution in [3.8, 4) is 17.2 Å². The number of carbonyl (C=O) groups is 1. The molecule has 0 saturated heterocycles. The van der Waals surface area contributed by atoms with Crippen molar-refractivity contribution in [1.29, 1.82) is 0 Å². The van der Waals surface area contributed by atoms with Crippen LogP contribution in [0.1, 0.15) is 28.4 Å². The number of hydrazone groups is 1. The van der Waals surface area contributed by atoms with E-state index < -0.39 is 10.8 Å². The van der Waals surface area contributed by atoms with E-state index in [-0.39, 0.29) is 12.3 Å². The highest BCUT2D eigenvalue weighted by molar-refractivity contribution is 5.97. The molecule has 0 aliphatic carbocycles. The molecule has 0 aliphatic heterocycles. The second kappa shape index (κ2) is 11.3. The summed E-state index contributed by atoms with van der Waals surface area (Å²) in [5, 5.41) is 14.8. The summed E-state index contributed by atoms with van der Waals surface area (Å²) < 4.78 is 16.7. The number of benzene rings is 3. The summed E-state index contributed by atoms with van der Waals surface area (Å²) >= 11 is 0. The number of nitrogens with one attached hydrogen (secondary N) is 1. The van der Waals surface area contributed by atoms with Gasteiger partial charge >= 0.3 is 0 Å². The third kappa shape index (κ3) is 6.30. The lowest BCUT2D eigenvalue weighted by Crippen LogP contribution is -2.18. The molecule has 0 fully saturated rings. The highest BCUT2D eigenvalue weighted by atomic mass is 16.6. The Kier molecular flexibility index (Phi) is 7.96. The molecule has 0 spiro atoms. The quantitative estimate of drug-likeness (QED) is 0.280. The summed E-state index contributed by atoms with van der Waals surface area (Å²) in [5.41, 5.74) is 4.36. The number of ether oxygens (including phenoxy) is 3. The molecule has 3 aromatic carbocycles. The average molecular weight is 449 g/mol. The summed E-state index contributed by atoms with van der Waals surface area (Å²) in [4.78, 5) is 22.7. The van der Waals surface area contributed by atoms with Crippen LogP contribution >= 0.6 is 0 Å². The van der Waals surface area contributed by atoms with Gasteiger partial charge in [-0.25, -0.2) is 5.43 Å². The Morgan fingerprint density at radius 1 is 1.03 bits per heavy atom. The molecule has 3 aromatic rings. The number of rotatable bonds is 10. The van der Waals surface area contributed by atoms with Gasteiger partial charge in [-0.2, -0.15) is 5.10 Å². The number of non-ortho nitro benzene ring substituents is 1. The molecule has 0 atom stereocenters. The van der Waals surface area contributed by atoms with Gasteiger partial charge in [-0.3, -0.25) is 14.9 Å². The predicted octanol–water partition coefficient (Wildman–Crippen LogP) is 4.35. The molecular formula is C24H23N3O6. The maximum absolute atomic E-state index is 12.3. The summed E-state index contributed by atoms with van der Waals surface area (Å²) in [6.07, 6.45) is 1.50. The predicted molar refractivity (Wildman–Crippen MR) is 123 cm³/mol. The molecule has 0 saturated carbocycles. The minimum atomic E-state index is -0.448. The normalized spacial score (nSPS) is 10.6. The Balaban J connectivity index is 1.66. The number of carbonyl (C=O) groups excluding carboxylic acids is 1. The van der Waals surface area contributed by atoms with Crippen LogP contribution in [-0.2, 0) is 6.61 Å². The van der Waals surface area contributed by atoms with E-state index in [1.165, 1.54) is 25.5 Å². The highest BCUT2D eigenvalue weighted by Gasteiger charge is 2.11. The zero-order valence-electron chi connectivity index (χ0n) is 18.2. The SMILES string of the molecule is CCOc1cc(/C=N\NC(=O)c2ccccc2OC)ccc1OCc1ccc([N+](=O)[O-])cc1. The Morgan fingerprint density at radius 3 is 2.48 bits per heavy atom. The Bertz CT molecular complexity index is 1150. The average Bonchev–Trinajstić information content (AvgIpc) is 2.84. The smallest absolute Gasteiger partial charge is 0.275 e. The monoisotopic (exact) mass is 449 g/mol. The lowest BCUT2D eigenvalue weighted by Gasteiger charge is -2.12. The highest BCUT2D eigenvalue weighted by Crippen LogP contribution is 2.29. The first-order valence-electron chi connectivity index (χ1n) is 10.1. The number of methoxy groups -OCH3 is 1. The van der Waals surface area contributed by atoms with E-state index >= 15 is 0 Å². The van der Waals surface area contributed by atoms with Gasteiger partial charge in [-0.1, -0.05) is 12.1 Å². The van der Waals surface area contributed by atoms with Crippen molar-refractivity contribution in [2.24, 2.45) is 5.10 Å². The Morgan fingerprint density at radius 2 is 1.79 bits per heavy atom. The molecule has 0 aromatic heterocycles. The van der Waals surface area contributed by atoms with Gasteiger partial charge in [0.15, 0.2) is 11.5 Å². The topological polar surface area (TPSA) is 112 Å². The first kappa shape index (κ1) is 23.3. The molecule has 170 valence electrons. The summed E-state index contributed by atoms with van der Waals surface area (Å²) in [6, 6.07) is 18.3. The van der Waals surface area contributed by atoms with Crippen molar-refractivity contribution in [1.82, 2.24) is 5.43 Å². The van der Waals surface area contributed by atoms with Crippen LogP contribution in [0.5, 0.6) is 17.2 Å². The summed E-state index contributed by atoms with van der Waals surface area (Å²) in [6.45, 7) is 2.51. The van der Waals surface area contributed by atoms with Crippen molar-refractivity contribution in [3.05, 3.63) is 93.5 Å². The van der Waals surface area contributed by atoms with Gasteiger partial charge in [0.05, 0.1) is 30.4 Å². The van der Waals surface area contributed by atoms with E-state index in [4.69, 9.17) is 14.2 Å². The van der Waals surface area contributed by atoms with E-state index in [1.54, 1.807) is 54.6 Å². The second-order valence-corrected chi connectivity index (χ2v) is 6.75. The van der Waals surface area contributed by atoms with E-state index in [0.717, 1.165) is 5.56 Å². The fourth-order valence-corrected chi connectivity index (χ4v) is 2.93. The number of para-hydroxylation sites is 1.